The summed E-state index contributed by atoms with van der Waals surface area (Å²) in [5, 5.41) is 15.3. The van der Waals surface area contributed by atoms with Gasteiger partial charge in [0, 0.05) is 35.7 Å². The van der Waals surface area contributed by atoms with Crippen molar-refractivity contribution in [3.8, 4) is 0 Å². The third-order valence-corrected chi connectivity index (χ3v) is 7.88. The highest BCUT2D eigenvalue weighted by Crippen LogP contribution is 2.31. The van der Waals surface area contributed by atoms with E-state index in [-0.39, 0.29) is 35.6 Å². The van der Waals surface area contributed by atoms with E-state index in [2.05, 4.69) is 41.6 Å². The minimum Gasteiger partial charge on any atom is -0.343 e. The summed E-state index contributed by atoms with van der Waals surface area (Å²) < 4.78 is 0. The number of nitrogens with zero attached hydrogens (tertiary/aromatic N) is 4. The zero-order valence-corrected chi connectivity index (χ0v) is 23.3. The van der Waals surface area contributed by atoms with E-state index >= 15 is 0 Å². The molecule has 1 aliphatic heterocycles. The van der Waals surface area contributed by atoms with E-state index in [1.807, 2.05) is 32.0 Å². The number of anilines is 1. The predicted molar refractivity (Wildman–Crippen MR) is 148 cm³/mol. The second-order valence-corrected chi connectivity index (χ2v) is 11.6. The number of rotatable bonds is 6. The Kier molecular flexibility index (Phi) is 8.20. The van der Waals surface area contributed by atoms with Crippen LogP contribution in [0.5, 0.6) is 0 Å². The maximum absolute atomic E-state index is 13.2. The van der Waals surface area contributed by atoms with Crippen LogP contribution in [0.2, 0.25) is 0 Å². The first-order chi connectivity index (χ1) is 18.0. The van der Waals surface area contributed by atoms with Gasteiger partial charge in [-0.25, -0.2) is 0 Å². The monoisotopic (exact) mass is 534 g/mol. The molecule has 9 nitrogen and oxygen atoms in total. The first-order valence-corrected chi connectivity index (χ1v) is 13.6. The minimum absolute atomic E-state index is 0.0424. The summed E-state index contributed by atoms with van der Waals surface area (Å²) in [5.74, 6) is -0.593. The Morgan fingerprint density at radius 1 is 0.974 bits per heavy atom. The van der Waals surface area contributed by atoms with Gasteiger partial charge < -0.3 is 10.2 Å². The standard InChI is InChI=1S/C28H34N6O3S/c1-17-8-6-7-9-20(17)24(36)29-16-22(35)34-14-12-19(13-15-34)23-21(11-10-18(2)30-23)25(37)31-27-33-32-26(38-27)28(3,4)5/h6-11,19H,12-16H2,1-5H3,(H,29,36)(H,31,33,37). The van der Waals surface area contributed by atoms with Gasteiger partial charge in [0.1, 0.15) is 5.01 Å². The molecule has 1 aliphatic rings. The number of pyridine rings is 1. The summed E-state index contributed by atoms with van der Waals surface area (Å²) in [4.78, 5) is 44.9. The fourth-order valence-corrected chi connectivity index (χ4v) is 5.21. The van der Waals surface area contributed by atoms with E-state index in [4.69, 9.17) is 4.98 Å². The van der Waals surface area contributed by atoms with Crippen molar-refractivity contribution in [3.05, 3.63) is 69.5 Å². The number of hydrogen-bond acceptors (Lipinski definition) is 7. The first kappa shape index (κ1) is 27.4. The molecule has 0 saturated carbocycles. The molecule has 10 heteroatoms. The molecule has 4 rings (SSSR count). The molecule has 200 valence electrons. The van der Waals surface area contributed by atoms with Crippen molar-refractivity contribution in [1.29, 1.82) is 0 Å². The molecule has 38 heavy (non-hydrogen) atoms. The predicted octanol–water partition coefficient (Wildman–Crippen LogP) is 4.24. The lowest BCUT2D eigenvalue weighted by Crippen LogP contribution is -2.44. The fourth-order valence-electron chi connectivity index (χ4n) is 4.41. The lowest BCUT2D eigenvalue weighted by Gasteiger charge is -2.32. The van der Waals surface area contributed by atoms with Crippen LogP contribution in [0.4, 0.5) is 5.13 Å². The molecule has 0 bridgehead atoms. The molecular formula is C28H34N6O3S. The van der Waals surface area contributed by atoms with E-state index in [0.717, 1.165) is 22.0 Å². The summed E-state index contributed by atoms with van der Waals surface area (Å²) in [6.45, 7) is 10.9. The third kappa shape index (κ3) is 6.42. The summed E-state index contributed by atoms with van der Waals surface area (Å²) in [6.07, 6.45) is 1.36. The quantitative estimate of drug-likeness (QED) is 0.489. The number of piperidine rings is 1. The smallest absolute Gasteiger partial charge is 0.259 e. The average Bonchev–Trinajstić information content (AvgIpc) is 3.36. The van der Waals surface area contributed by atoms with Gasteiger partial charge in [-0.1, -0.05) is 50.3 Å². The van der Waals surface area contributed by atoms with Crippen molar-refractivity contribution in [2.45, 2.75) is 58.8 Å². The van der Waals surface area contributed by atoms with Gasteiger partial charge in [0.05, 0.1) is 17.8 Å². The van der Waals surface area contributed by atoms with Crippen molar-refractivity contribution in [3.63, 3.8) is 0 Å². The normalized spacial score (nSPS) is 14.3. The van der Waals surface area contributed by atoms with Gasteiger partial charge in [-0.2, -0.15) is 0 Å². The Labute approximate surface area is 227 Å². The van der Waals surface area contributed by atoms with Crippen LogP contribution in [0.25, 0.3) is 0 Å². The van der Waals surface area contributed by atoms with Crippen molar-refractivity contribution < 1.29 is 14.4 Å². The molecule has 3 heterocycles. The Morgan fingerprint density at radius 3 is 2.34 bits per heavy atom. The molecule has 1 fully saturated rings. The van der Waals surface area contributed by atoms with Crippen molar-refractivity contribution in [1.82, 2.24) is 25.4 Å². The molecule has 0 spiro atoms. The third-order valence-electron chi connectivity index (χ3n) is 6.62. The number of hydrogen-bond donors (Lipinski definition) is 2. The van der Waals surface area contributed by atoms with Gasteiger partial charge in [-0.3, -0.25) is 24.7 Å². The Balaban J connectivity index is 1.37. The van der Waals surface area contributed by atoms with E-state index < -0.39 is 0 Å². The van der Waals surface area contributed by atoms with Gasteiger partial charge in [-0.05, 0) is 50.5 Å². The first-order valence-electron chi connectivity index (χ1n) is 12.8. The highest BCUT2D eigenvalue weighted by molar-refractivity contribution is 7.15. The molecule has 0 radical (unpaired) electrons. The molecule has 0 atom stereocenters. The average molecular weight is 535 g/mol. The number of carbonyl (C=O) groups is 3. The Bertz CT molecular complexity index is 1340. The lowest BCUT2D eigenvalue weighted by molar-refractivity contribution is -0.131. The number of benzene rings is 1. The van der Waals surface area contributed by atoms with E-state index in [9.17, 15) is 14.4 Å². The van der Waals surface area contributed by atoms with Gasteiger partial charge in [0.15, 0.2) is 0 Å². The van der Waals surface area contributed by atoms with Crippen molar-refractivity contribution >= 4 is 34.2 Å². The summed E-state index contributed by atoms with van der Waals surface area (Å²) >= 11 is 1.37. The number of amides is 3. The summed E-state index contributed by atoms with van der Waals surface area (Å²) in [7, 11) is 0. The molecule has 0 unspecified atom stereocenters. The topological polar surface area (TPSA) is 117 Å². The van der Waals surface area contributed by atoms with Crippen LogP contribution in [-0.4, -0.2) is 57.4 Å². The minimum atomic E-state index is -0.262. The Hall–Kier alpha value is -3.66. The maximum Gasteiger partial charge on any atom is 0.259 e. The van der Waals surface area contributed by atoms with Crippen LogP contribution in [0.15, 0.2) is 36.4 Å². The van der Waals surface area contributed by atoms with Gasteiger partial charge >= 0.3 is 0 Å². The molecule has 0 aliphatic carbocycles. The van der Waals surface area contributed by atoms with E-state index in [1.54, 1.807) is 23.1 Å². The van der Waals surface area contributed by atoms with Gasteiger partial charge in [0.2, 0.25) is 11.0 Å². The zero-order valence-electron chi connectivity index (χ0n) is 22.5. The van der Waals surface area contributed by atoms with Crippen LogP contribution in [0, 0.1) is 13.8 Å². The van der Waals surface area contributed by atoms with Crippen molar-refractivity contribution in [2.24, 2.45) is 0 Å². The maximum atomic E-state index is 13.2. The molecule has 3 amide bonds. The molecular weight excluding hydrogens is 500 g/mol. The molecule has 2 N–H and O–H groups in total. The lowest BCUT2D eigenvalue weighted by atomic mass is 9.89. The summed E-state index contributed by atoms with van der Waals surface area (Å²) in [6, 6.07) is 10.9. The van der Waals surface area contributed by atoms with E-state index in [1.165, 1.54) is 11.3 Å². The largest absolute Gasteiger partial charge is 0.343 e. The number of likely N-dealkylation sites (tertiary alicyclic amines) is 1. The summed E-state index contributed by atoms with van der Waals surface area (Å²) in [5.41, 5.74) is 3.37. The molecule has 3 aromatic rings. The highest BCUT2D eigenvalue weighted by Gasteiger charge is 2.29. The number of carbonyl (C=O) groups excluding carboxylic acids is 3. The SMILES string of the molecule is Cc1ccc(C(=O)Nc2nnc(C(C)(C)C)s2)c(C2CCN(C(=O)CNC(=O)c3ccccc3C)CC2)n1. The second-order valence-electron chi connectivity index (χ2n) is 10.7. The van der Waals surface area contributed by atoms with Crippen LogP contribution >= 0.6 is 11.3 Å². The molecule has 1 saturated heterocycles. The number of aromatic nitrogens is 3. The van der Waals surface area contributed by atoms with E-state index in [0.29, 0.717) is 42.2 Å². The van der Waals surface area contributed by atoms with Crippen LogP contribution in [-0.2, 0) is 10.2 Å². The van der Waals surface area contributed by atoms with Crippen molar-refractivity contribution in [2.75, 3.05) is 25.0 Å². The molecule has 2 aromatic heterocycles. The van der Waals surface area contributed by atoms with Gasteiger partial charge in [-0.15, -0.1) is 10.2 Å². The highest BCUT2D eigenvalue weighted by atomic mass is 32.1. The number of aryl methyl sites for hydroxylation is 2. The van der Waals surface area contributed by atoms with Crippen LogP contribution in [0.3, 0.4) is 0 Å². The zero-order chi connectivity index (χ0) is 27.4. The molecule has 1 aromatic carbocycles. The number of nitrogens with one attached hydrogen (secondary N) is 2. The van der Waals surface area contributed by atoms with Gasteiger partial charge in [0.25, 0.3) is 11.8 Å². The van der Waals surface area contributed by atoms with Crippen LogP contribution < -0.4 is 10.6 Å². The fraction of sp³-hybridized carbons (Fsp3) is 0.429. The Morgan fingerprint density at radius 2 is 1.68 bits per heavy atom. The second kappa shape index (κ2) is 11.4. The van der Waals surface area contributed by atoms with Crippen LogP contribution in [0.1, 0.15) is 82.2 Å².